The van der Waals surface area contributed by atoms with E-state index < -0.39 is 5.97 Å². The molecule has 0 fully saturated rings. The molecule has 3 aromatic rings. The first-order chi connectivity index (χ1) is 12.1. The van der Waals surface area contributed by atoms with Gasteiger partial charge in [0.2, 0.25) is 0 Å². The van der Waals surface area contributed by atoms with E-state index in [1.807, 2.05) is 28.1 Å². The number of ether oxygens (including phenoxy) is 1. The van der Waals surface area contributed by atoms with Crippen molar-refractivity contribution in [2.75, 3.05) is 7.11 Å². The van der Waals surface area contributed by atoms with Crippen molar-refractivity contribution in [2.24, 2.45) is 0 Å². The molecule has 25 heavy (non-hydrogen) atoms. The molecular formula is C19H15NO4S. The summed E-state index contributed by atoms with van der Waals surface area (Å²) in [6, 6.07) is 9.33. The lowest BCUT2D eigenvalue weighted by molar-refractivity contribution is 0.0685. The van der Waals surface area contributed by atoms with Crippen LogP contribution >= 0.6 is 11.3 Å². The second-order valence-electron chi connectivity index (χ2n) is 5.85. The number of hydrogen-bond acceptors (Lipinski definition) is 4. The summed E-state index contributed by atoms with van der Waals surface area (Å²) in [7, 11) is 1.54. The summed E-state index contributed by atoms with van der Waals surface area (Å²) in [6.07, 6.45) is 1.46. The molecule has 1 aliphatic heterocycles. The number of carbonyl (C=O) groups is 2. The van der Waals surface area contributed by atoms with Crippen LogP contribution in [0.4, 0.5) is 0 Å². The lowest BCUT2D eigenvalue weighted by Gasteiger charge is -2.23. The molecule has 1 aliphatic rings. The summed E-state index contributed by atoms with van der Waals surface area (Å²) in [5.41, 5.74) is 4.42. The number of rotatable bonds is 4. The Morgan fingerprint density at radius 2 is 2.16 bits per heavy atom. The van der Waals surface area contributed by atoms with Crippen molar-refractivity contribution in [3.63, 3.8) is 0 Å². The molecule has 0 amide bonds. The van der Waals surface area contributed by atoms with Gasteiger partial charge in [-0.15, -0.1) is 11.3 Å². The van der Waals surface area contributed by atoms with E-state index in [0.717, 1.165) is 33.5 Å². The molecule has 0 saturated heterocycles. The Morgan fingerprint density at radius 1 is 1.32 bits per heavy atom. The van der Waals surface area contributed by atoms with Crippen LogP contribution in [-0.2, 0) is 13.0 Å². The maximum atomic E-state index is 11.7. The molecule has 1 aromatic carbocycles. The highest BCUT2D eigenvalue weighted by molar-refractivity contribution is 7.13. The Hall–Kier alpha value is -2.86. The Labute approximate surface area is 148 Å². The predicted octanol–water partition coefficient (Wildman–Crippen LogP) is 3.96. The van der Waals surface area contributed by atoms with Crippen LogP contribution < -0.4 is 4.74 Å². The van der Waals surface area contributed by atoms with Crippen LogP contribution in [0.1, 0.15) is 26.4 Å². The van der Waals surface area contributed by atoms with Crippen molar-refractivity contribution in [3.05, 3.63) is 52.5 Å². The Kier molecular flexibility index (Phi) is 3.69. The van der Waals surface area contributed by atoms with Crippen LogP contribution in [0.2, 0.25) is 0 Å². The molecule has 0 saturated carbocycles. The standard InChI is InChI=1S/C19H15NO4S/c1-24-16-8-11-4-5-20-15(19(22)23)9-14(17-3-2-6-25-17)18(20)13(11)7-12(16)10-21/h2-3,6-10H,4-5H2,1H3,(H,22,23). The molecule has 5 nitrogen and oxygen atoms in total. The van der Waals surface area contributed by atoms with Crippen LogP contribution in [0.3, 0.4) is 0 Å². The molecule has 0 spiro atoms. The maximum absolute atomic E-state index is 11.7. The van der Waals surface area contributed by atoms with Gasteiger partial charge < -0.3 is 14.4 Å². The monoisotopic (exact) mass is 353 g/mol. The topological polar surface area (TPSA) is 68.5 Å². The van der Waals surface area contributed by atoms with Crippen molar-refractivity contribution in [2.45, 2.75) is 13.0 Å². The maximum Gasteiger partial charge on any atom is 0.352 e. The van der Waals surface area contributed by atoms with Crippen molar-refractivity contribution in [1.82, 2.24) is 4.57 Å². The number of benzene rings is 1. The van der Waals surface area contributed by atoms with E-state index in [1.54, 1.807) is 30.6 Å². The average Bonchev–Trinajstić information content (AvgIpc) is 3.27. The van der Waals surface area contributed by atoms with Gasteiger partial charge >= 0.3 is 5.97 Å². The SMILES string of the molecule is COc1cc2c(cc1C=O)-c1c(-c3cccs3)cc(C(=O)O)n1CC2. The normalized spacial score (nSPS) is 12.4. The fourth-order valence-electron chi connectivity index (χ4n) is 3.44. The number of carbonyl (C=O) groups excluding carboxylic acids is 1. The zero-order chi connectivity index (χ0) is 17.6. The number of carboxylic acid groups (broad SMARTS) is 1. The second kappa shape index (κ2) is 5.89. The first kappa shape index (κ1) is 15.7. The Balaban J connectivity index is 2.03. The highest BCUT2D eigenvalue weighted by Crippen LogP contribution is 2.43. The number of aldehydes is 1. The van der Waals surface area contributed by atoms with Gasteiger partial charge in [-0.25, -0.2) is 4.79 Å². The third-order valence-electron chi connectivity index (χ3n) is 4.55. The highest BCUT2D eigenvalue weighted by Gasteiger charge is 2.27. The molecule has 0 aliphatic carbocycles. The minimum atomic E-state index is -0.948. The van der Waals surface area contributed by atoms with Gasteiger partial charge in [0.15, 0.2) is 6.29 Å². The average molecular weight is 353 g/mol. The molecule has 3 heterocycles. The van der Waals surface area contributed by atoms with Crippen molar-refractivity contribution in [1.29, 1.82) is 0 Å². The van der Waals surface area contributed by atoms with Crippen LogP contribution in [0.5, 0.6) is 5.75 Å². The Bertz CT molecular complexity index is 986. The molecule has 1 N–H and O–H groups in total. The summed E-state index contributed by atoms with van der Waals surface area (Å²) in [5.74, 6) is -0.401. The number of hydrogen-bond donors (Lipinski definition) is 1. The summed E-state index contributed by atoms with van der Waals surface area (Å²) in [6.45, 7) is 0.582. The zero-order valence-electron chi connectivity index (χ0n) is 13.5. The van der Waals surface area contributed by atoms with E-state index in [4.69, 9.17) is 4.74 Å². The highest BCUT2D eigenvalue weighted by atomic mass is 32.1. The van der Waals surface area contributed by atoms with E-state index in [2.05, 4.69) is 0 Å². The first-order valence-corrected chi connectivity index (χ1v) is 8.69. The molecule has 2 aromatic heterocycles. The molecule has 6 heteroatoms. The number of aromatic carboxylic acids is 1. The van der Waals surface area contributed by atoms with E-state index in [-0.39, 0.29) is 5.69 Å². The van der Waals surface area contributed by atoms with Gasteiger partial charge in [-0.1, -0.05) is 6.07 Å². The van der Waals surface area contributed by atoms with Crippen molar-refractivity contribution in [3.8, 4) is 27.4 Å². The van der Waals surface area contributed by atoms with Gasteiger partial charge in [-0.2, -0.15) is 0 Å². The zero-order valence-corrected chi connectivity index (χ0v) is 14.3. The lowest BCUT2D eigenvalue weighted by atomic mass is 9.93. The van der Waals surface area contributed by atoms with E-state index in [0.29, 0.717) is 24.3 Å². The number of thiophene rings is 1. The molecule has 0 bridgehead atoms. The first-order valence-electron chi connectivity index (χ1n) is 7.81. The van der Waals surface area contributed by atoms with Crippen LogP contribution in [-0.4, -0.2) is 29.0 Å². The fraction of sp³-hybridized carbons (Fsp3) is 0.158. The molecule has 0 radical (unpaired) electrons. The summed E-state index contributed by atoms with van der Waals surface area (Å²) < 4.78 is 7.14. The van der Waals surface area contributed by atoms with Crippen molar-refractivity contribution < 1.29 is 19.4 Å². The summed E-state index contributed by atoms with van der Waals surface area (Å²) in [4.78, 5) is 24.1. The van der Waals surface area contributed by atoms with Crippen LogP contribution in [0, 0.1) is 0 Å². The van der Waals surface area contributed by atoms with Gasteiger partial charge in [0.1, 0.15) is 11.4 Å². The van der Waals surface area contributed by atoms with Gasteiger partial charge in [0.25, 0.3) is 0 Å². The Morgan fingerprint density at radius 3 is 2.80 bits per heavy atom. The fourth-order valence-corrected chi connectivity index (χ4v) is 4.18. The van der Waals surface area contributed by atoms with E-state index >= 15 is 0 Å². The molecule has 4 rings (SSSR count). The number of methoxy groups -OCH3 is 1. The largest absolute Gasteiger partial charge is 0.496 e. The number of aromatic nitrogens is 1. The minimum absolute atomic E-state index is 0.271. The third kappa shape index (κ3) is 2.37. The molecule has 0 atom stereocenters. The lowest BCUT2D eigenvalue weighted by Crippen LogP contribution is -2.16. The van der Waals surface area contributed by atoms with Gasteiger partial charge in [-0.3, -0.25) is 4.79 Å². The molecule has 0 unspecified atom stereocenters. The predicted molar refractivity (Wildman–Crippen MR) is 95.8 cm³/mol. The second-order valence-corrected chi connectivity index (χ2v) is 6.79. The van der Waals surface area contributed by atoms with Gasteiger partial charge in [0, 0.05) is 22.5 Å². The van der Waals surface area contributed by atoms with Crippen LogP contribution in [0.15, 0.2) is 35.7 Å². The molecular weight excluding hydrogens is 338 g/mol. The quantitative estimate of drug-likeness (QED) is 0.721. The van der Waals surface area contributed by atoms with E-state index in [1.165, 1.54) is 0 Å². The van der Waals surface area contributed by atoms with Crippen molar-refractivity contribution >= 4 is 23.6 Å². The number of nitrogens with zero attached hydrogens (tertiary/aromatic N) is 1. The minimum Gasteiger partial charge on any atom is -0.496 e. The number of aryl methyl sites for hydroxylation is 1. The van der Waals surface area contributed by atoms with Crippen LogP contribution in [0.25, 0.3) is 21.7 Å². The summed E-state index contributed by atoms with van der Waals surface area (Å²) in [5, 5.41) is 11.6. The van der Waals surface area contributed by atoms with Gasteiger partial charge in [0.05, 0.1) is 18.4 Å². The molecule has 126 valence electrons. The third-order valence-corrected chi connectivity index (χ3v) is 5.45. The van der Waals surface area contributed by atoms with Gasteiger partial charge in [-0.05, 0) is 41.6 Å². The van der Waals surface area contributed by atoms with E-state index in [9.17, 15) is 14.7 Å². The number of carboxylic acids is 1. The smallest absolute Gasteiger partial charge is 0.352 e. The summed E-state index contributed by atoms with van der Waals surface area (Å²) >= 11 is 1.57. The number of fused-ring (bicyclic) bond motifs is 3.